The van der Waals surface area contributed by atoms with Crippen molar-refractivity contribution in [2.45, 2.75) is 45.6 Å². The fourth-order valence-electron chi connectivity index (χ4n) is 2.44. The summed E-state index contributed by atoms with van der Waals surface area (Å²) >= 11 is 1.67. The van der Waals surface area contributed by atoms with Crippen LogP contribution in [0, 0.1) is 0 Å². The number of hydrogen-bond donors (Lipinski definition) is 1. The lowest BCUT2D eigenvalue weighted by atomic mass is 10.1. The largest absolute Gasteiger partial charge is 0.336 e. The van der Waals surface area contributed by atoms with Crippen LogP contribution in [-0.4, -0.2) is 29.9 Å². The number of nitrogens with zero attached hydrogens (tertiary/aromatic N) is 1. The second-order valence-corrected chi connectivity index (χ2v) is 6.10. The zero-order valence-electron chi connectivity index (χ0n) is 11.6. The highest BCUT2D eigenvalue weighted by Crippen LogP contribution is 2.26. The summed E-state index contributed by atoms with van der Waals surface area (Å²) in [7, 11) is 0. The van der Waals surface area contributed by atoms with E-state index >= 15 is 0 Å². The molecule has 2 N–H and O–H groups in total. The molecular weight excluding hydrogens is 280 g/mol. The van der Waals surface area contributed by atoms with E-state index in [4.69, 9.17) is 5.73 Å². The molecule has 108 valence electrons. The van der Waals surface area contributed by atoms with Crippen molar-refractivity contribution in [3.63, 3.8) is 0 Å². The topological polar surface area (TPSA) is 46.3 Å². The molecule has 2 rings (SSSR count). The van der Waals surface area contributed by atoms with Crippen molar-refractivity contribution in [2.75, 3.05) is 13.1 Å². The van der Waals surface area contributed by atoms with Crippen molar-refractivity contribution in [1.29, 1.82) is 0 Å². The zero-order valence-corrected chi connectivity index (χ0v) is 13.3. The van der Waals surface area contributed by atoms with Crippen LogP contribution >= 0.6 is 23.7 Å². The molecule has 2 heterocycles. The van der Waals surface area contributed by atoms with E-state index in [-0.39, 0.29) is 24.4 Å². The molecule has 0 radical (unpaired) electrons. The lowest BCUT2D eigenvalue weighted by molar-refractivity contribution is 0.0795. The van der Waals surface area contributed by atoms with E-state index < -0.39 is 0 Å². The summed E-state index contributed by atoms with van der Waals surface area (Å²) < 4.78 is 0. The zero-order chi connectivity index (χ0) is 13.1. The molecule has 1 amide bonds. The van der Waals surface area contributed by atoms with Crippen molar-refractivity contribution in [2.24, 2.45) is 5.73 Å². The molecule has 19 heavy (non-hydrogen) atoms. The fourth-order valence-corrected chi connectivity index (χ4v) is 3.76. The summed E-state index contributed by atoms with van der Waals surface area (Å²) in [6, 6.07) is 2.25. The van der Waals surface area contributed by atoms with Gasteiger partial charge in [-0.2, -0.15) is 0 Å². The number of amides is 1. The maximum atomic E-state index is 12.4. The van der Waals surface area contributed by atoms with Gasteiger partial charge in [-0.25, -0.2) is 0 Å². The molecule has 5 heteroatoms. The van der Waals surface area contributed by atoms with E-state index in [9.17, 15) is 4.79 Å². The van der Waals surface area contributed by atoms with Crippen LogP contribution in [0.3, 0.4) is 0 Å². The number of carbonyl (C=O) groups excluding carboxylic acids is 1. The third kappa shape index (κ3) is 3.71. The summed E-state index contributed by atoms with van der Waals surface area (Å²) in [6.07, 6.45) is 4.16. The van der Waals surface area contributed by atoms with Gasteiger partial charge in [-0.1, -0.05) is 20.3 Å². The van der Waals surface area contributed by atoms with Gasteiger partial charge in [-0.05, 0) is 30.9 Å². The molecule has 1 aliphatic heterocycles. The molecule has 0 unspecified atom stereocenters. The van der Waals surface area contributed by atoms with Gasteiger partial charge >= 0.3 is 0 Å². The number of halogens is 1. The SMILES string of the molecule is CCCc1sc(C(=O)N2CC[C@@H](N)C2)cc1CC.Cl. The molecule has 0 bridgehead atoms. The molecule has 0 saturated carbocycles. The number of thiophene rings is 1. The van der Waals surface area contributed by atoms with Crippen LogP contribution in [0.1, 0.15) is 46.8 Å². The Bertz CT molecular complexity index is 433. The highest BCUT2D eigenvalue weighted by Gasteiger charge is 2.26. The van der Waals surface area contributed by atoms with Crippen molar-refractivity contribution in [1.82, 2.24) is 4.90 Å². The first kappa shape index (κ1) is 16.5. The summed E-state index contributed by atoms with van der Waals surface area (Å²) in [5.41, 5.74) is 7.20. The van der Waals surface area contributed by atoms with Crippen LogP contribution in [0.2, 0.25) is 0 Å². The Morgan fingerprint density at radius 1 is 1.53 bits per heavy atom. The normalized spacial score (nSPS) is 18.5. The smallest absolute Gasteiger partial charge is 0.263 e. The molecule has 1 aliphatic rings. The molecule has 1 saturated heterocycles. The Hall–Kier alpha value is -0.580. The minimum absolute atomic E-state index is 0. The lowest BCUT2D eigenvalue weighted by Crippen LogP contribution is -2.31. The van der Waals surface area contributed by atoms with Gasteiger partial charge < -0.3 is 10.6 Å². The van der Waals surface area contributed by atoms with Gasteiger partial charge in [-0.15, -0.1) is 23.7 Å². The van der Waals surface area contributed by atoms with E-state index in [1.165, 1.54) is 10.4 Å². The molecular formula is C14H23ClN2OS. The lowest BCUT2D eigenvalue weighted by Gasteiger charge is -2.14. The van der Waals surface area contributed by atoms with E-state index in [0.29, 0.717) is 6.54 Å². The number of aryl methyl sites for hydroxylation is 2. The second kappa shape index (κ2) is 7.27. The third-order valence-electron chi connectivity index (χ3n) is 3.48. The Kier molecular flexibility index (Phi) is 6.30. The second-order valence-electron chi connectivity index (χ2n) is 4.96. The minimum Gasteiger partial charge on any atom is -0.336 e. The van der Waals surface area contributed by atoms with Gasteiger partial charge in [-0.3, -0.25) is 4.79 Å². The maximum Gasteiger partial charge on any atom is 0.263 e. The summed E-state index contributed by atoms with van der Waals surface area (Å²) in [6.45, 7) is 5.85. The summed E-state index contributed by atoms with van der Waals surface area (Å²) in [5.74, 6) is 0.171. The van der Waals surface area contributed by atoms with Gasteiger partial charge in [0.2, 0.25) is 0 Å². The first-order valence-corrected chi connectivity index (χ1v) is 7.63. The van der Waals surface area contributed by atoms with Gasteiger partial charge in [0.15, 0.2) is 0 Å². The molecule has 1 atom stereocenters. The minimum atomic E-state index is 0. The average molecular weight is 303 g/mol. The van der Waals surface area contributed by atoms with Crippen molar-refractivity contribution in [3.8, 4) is 0 Å². The molecule has 1 aromatic rings. The van der Waals surface area contributed by atoms with Gasteiger partial charge in [0.05, 0.1) is 4.88 Å². The van der Waals surface area contributed by atoms with Crippen LogP contribution in [0.15, 0.2) is 6.07 Å². The Labute approximate surface area is 125 Å². The van der Waals surface area contributed by atoms with Crippen LogP contribution < -0.4 is 5.73 Å². The summed E-state index contributed by atoms with van der Waals surface area (Å²) in [4.78, 5) is 16.5. The van der Waals surface area contributed by atoms with Gasteiger partial charge in [0, 0.05) is 24.0 Å². The van der Waals surface area contributed by atoms with E-state index in [1.807, 2.05) is 4.90 Å². The predicted octanol–water partition coefficient (Wildman–Crippen LogP) is 2.86. The highest BCUT2D eigenvalue weighted by atomic mass is 35.5. The molecule has 0 aromatic carbocycles. The fraction of sp³-hybridized carbons (Fsp3) is 0.643. The third-order valence-corrected chi connectivity index (χ3v) is 4.70. The first-order valence-electron chi connectivity index (χ1n) is 6.82. The number of rotatable bonds is 4. The summed E-state index contributed by atoms with van der Waals surface area (Å²) in [5, 5.41) is 0. The van der Waals surface area contributed by atoms with E-state index in [2.05, 4.69) is 19.9 Å². The van der Waals surface area contributed by atoms with Crippen LogP contribution in [0.5, 0.6) is 0 Å². The molecule has 1 fully saturated rings. The van der Waals surface area contributed by atoms with Crippen LogP contribution in [0.25, 0.3) is 0 Å². The van der Waals surface area contributed by atoms with Crippen LogP contribution in [-0.2, 0) is 12.8 Å². The molecule has 3 nitrogen and oxygen atoms in total. The Morgan fingerprint density at radius 3 is 2.79 bits per heavy atom. The Morgan fingerprint density at radius 2 is 2.26 bits per heavy atom. The van der Waals surface area contributed by atoms with E-state index in [0.717, 1.165) is 37.1 Å². The standard InChI is InChI=1S/C14H22N2OS.ClH/c1-3-5-12-10(4-2)8-13(18-12)14(17)16-7-6-11(15)9-16;/h8,11H,3-7,9,15H2,1-2H3;1H/t11-;/m1./s1. The number of carbonyl (C=O) groups is 1. The van der Waals surface area contributed by atoms with Crippen LogP contribution in [0.4, 0.5) is 0 Å². The Balaban J connectivity index is 0.00000180. The molecule has 1 aromatic heterocycles. The van der Waals surface area contributed by atoms with Gasteiger partial charge in [0.25, 0.3) is 5.91 Å². The van der Waals surface area contributed by atoms with Crippen molar-refractivity contribution >= 4 is 29.7 Å². The van der Waals surface area contributed by atoms with E-state index in [1.54, 1.807) is 11.3 Å². The van der Waals surface area contributed by atoms with Crippen molar-refractivity contribution in [3.05, 3.63) is 21.4 Å². The number of nitrogens with two attached hydrogens (primary N) is 1. The first-order chi connectivity index (χ1) is 8.65. The molecule has 0 aliphatic carbocycles. The van der Waals surface area contributed by atoms with Crippen molar-refractivity contribution < 1.29 is 4.79 Å². The highest BCUT2D eigenvalue weighted by molar-refractivity contribution is 7.14. The average Bonchev–Trinajstić information content (AvgIpc) is 2.95. The van der Waals surface area contributed by atoms with Gasteiger partial charge in [0.1, 0.15) is 0 Å². The maximum absolute atomic E-state index is 12.4. The number of hydrogen-bond acceptors (Lipinski definition) is 3. The number of likely N-dealkylation sites (tertiary alicyclic amines) is 1. The monoisotopic (exact) mass is 302 g/mol. The quantitative estimate of drug-likeness (QED) is 0.929. The molecule has 0 spiro atoms. The predicted molar refractivity (Wildman–Crippen MR) is 83.4 cm³/mol.